The van der Waals surface area contributed by atoms with E-state index < -0.39 is 23.3 Å². The van der Waals surface area contributed by atoms with E-state index >= 15 is 0 Å². The number of rotatable bonds is 4. The molecule has 0 aromatic carbocycles. The predicted molar refractivity (Wildman–Crippen MR) is 38.5 cm³/mol. The molecule has 2 atom stereocenters. The molecule has 0 aliphatic heterocycles. The van der Waals surface area contributed by atoms with Crippen LogP contribution in [-0.2, 0) is 20.9 Å². The molecule has 0 radical (unpaired) electrons. The average Bonchev–Trinajstić information content (AvgIpc) is 1.98. The third-order valence-electron chi connectivity index (χ3n) is 1.00. The maximum atomic E-state index is 10.7. The molecule has 3 N–H and O–H groups in total. The zero-order valence-corrected chi connectivity index (χ0v) is 6.97. The molecular weight excluding hydrogens is 172 g/mol. The summed E-state index contributed by atoms with van der Waals surface area (Å²) in [5.74, 6) is -0.644. The van der Waals surface area contributed by atoms with E-state index in [1.165, 1.54) is 0 Å². The lowest BCUT2D eigenvalue weighted by molar-refractivity contribution is -0.149. The van der Waals surface area contributed by atoms with Gasteiger partial charge in [0.15, 0.2) is 0 Å². The van der Waals surface area contributed by atoms with Crippen molar-refractivity contribution in [1.82, 2.24) is 10.2 Å². The van der Waals surface area contributed by atoms with Gasteiger partial charge in [0.2, 0.25) is 0 Å². The minimum atomic E-state index is -2.33. The predicted octanol–water partition coefficient (Wildman–Crippen LogP) is -1.22. The van der Waals surface area contributed by atoms with Gasteiger partial charge in [-0.2, -0.15) is 0 Å². The Morgan fingerprint density at radius 2 is 2.27 bits per heavy atom. The molecule has 0 amide bonds. The largest absolute Gasteiger partial charge is 0.354 e. The van der Waals surface area contributed by atoms with Crippen molar-refractivity contribution >= 4 is 17.2 Å². The molecule has 0 aromatic rings. The molecule has 0 fully saturated rings. The van der Waals surface area contributed by atoms with Crippen LogP contribution in [0.5, 0.6) is 0 Å². The topological polar surface area (TPSA) is 87.7 Å². The van der Waals surface area contributed by atoms with Crippen molar-refractivity contribution in [3.8, 4) is 0 Å². The maximum absolute atomic E-state index is 10.7. The summed E-state index contributed by atoms with van der Waals surface area (Å²) < 4.78 is 18.0. The summed E-state index contributed by atoms with van der Waals surface area (Å²) in [4.78, 5) is 16.4. The third kappa shape index (κ3) is 4.85. The summed E-state index contributed by atoms with van der Waals surface area (Å²) in [7, 11) is 1.57. The van der Waals surface area contributed by atoms with Crippen molar-refractivity contribution < 1.29 is 18.4 Å². The van der Waals surface area contributed by atoms with Gasteiger partial charge in [-0.05, 0) is 18.9 Å². The molecule has 0 heterocycles. The van der Waals surface area contributed by atoms with Gasteiger partial charge in [0.25, 0.3) is 11.3 Å². The van der Waals surface area contributed by atoms with Crippen LogP contribution >= 0.6 is 0 Å². The Labute approximate surface area is 66.7 Å². The lowest BCUT2D eigenvalue weighted by atomic mass is 10.4. The quantitative estimate of drug-likeness (QED) is 0.374. The number of hydrogen-bond donors (Lipinski definition) is 3. The highest BCUT2D eigenvalue weighted by atomic mass is 32.2. The highest BCUT2D eigenvalue weighted by Gasteiger charge is 2.12. The van der Waals surface area contributed by atoms with E-state index in [0.29, 0.717) is 0 Å². The Hall–Kier alpha value is -0.500. The molecule has 0 bridgehead atoms. The van der Waals surface area contributed by atoms with Crippen LogP contribution in [0, 0.1) is 0 Å². The molecule has 11 heavy (non-hydrogen) atoms. The fraction of sp³-hybridized carbons (Fsp3) is 0.750. The van der Waals surface area contributed by atoms with Crippen LogP contribution < -0.4 is 10.2 Å². The fourth-order valence-electron chi connectivity index (χ4n) is 0.283. The van der Waals surface area contributed by atoms with Crippen molar-refractivity contribution in [2.24, 2.45) is 0 Å². The molecule has 0 aromatic heterocycles. The number of carbonyl (C=O) groups is 1. The highest BCUT2D eigenvalue weighted by molar-refractivity contribution is 7.76. The van der Waals surface area contributed by atoms with Crippen LogP contribution in [0.4, 0.5) is 0 Å². The first-order valence-electron chi connectivity index (χ1n) is 2.82. The lowest BCUT2D eigenvalue weighted by Crippen LogP contribution is -2.36. The average molecular weight is 182 g/mol. The summed E-state index contributed by atoms with van der Waals surface area (Å²) in [5.41, 5.74) is 0. The minimum absolute atomic E-state index is 0.508. The van der Waals surface area contributed by atoms with Crippen LogP contribution in [0.25, 0.3) is 0 Å². The molecule has 0 aliphatic rings. The highest BCUT2D eigenvalue weighted by Crippen LogP contribution is 1.83. The van der Waals surface area contributed by atoms with Crippen LogP contribution in [0.3, 0.4) is 0 Å². The Balaban J connectivity index is 3.60. The zero-order valence-electron chi connectivity index (χ0n) is 6.16. The first-order valence-corrected chi connectivity index (χ1v) is 3.93. The van der Waals surface area contributed by atoms with E-state index in [9.17, 15) is 9.00 Å². The second kappa shape index (κ2) is 5.19. The number of nitrogens with one attached hydrogen (secondary N) is 2. The van der Waals surface area contributed by atoms with E-state index in [4.69, 9.17) is 4.55 Å². The van der Waals surface area contributed by atoms with E-state index in [0.717, 1.165) is 0 Å². The summed E-state index contributed by atoms with van der Waals surface area (Å²) in [5, 5.41) is 2.59. The van der Waals surface area contributed by atoms with Crippen molar-refractivity contribution in [3.63, 3.8) is 0 Å². The number of hydrogen-bond acceptors (Lipinski definition) is 4. The molecule has 7 heteroatoms. The molecule has 0 rings (SSSR count). The molecule has 0 saturated heterocycles. The normalized spacial score (nSPS) is 15.5. The lowest BCUT2D eigenvalue weighted by Gasteiger charge is -2.07. The van der Waals surface area contributed by atoms with Crippen molar-refractivity contribution in [1.29, 1.82) is 0 Å². The molecule has 0 saturated carbocycles. The zero-order chi connectivity index (χ0) is 8.85. The molecule has 0 spiro atoms. The summed E-state index contributed by atoms with van der Waals surface area (Å²) in [6, 6.07) is -0.508. The van der Waals surface area contributed by atoms with Gasteiger partial charge in [0.1, 0.15) is 6.04 Å². The van der Waals surface area contributed by atoms with E-state index in [1.807, 2.05) is 0 Å². The minimum Gasteiger partial charge on any atom is -0.354 e. The van der Waals surface area contributed by atoms with Crippen molar-refractivity contribution in [3.05, 3.63) is 0 Å². The summed E-state index contributed by atoms with van der Waals surface area (Å²) in [6.45, 7) is 1.56. The molecule has 0 aliphatic carbocycles. The monoisotopic (exact) mass is 182 g/mol. The van der Waals surface area contributed by atoms with E-state index in [-0.39, 0.29) is 0 Å². The Kier molecular flexibility index (Phi) is 4.95. The SMILES string of the molecule is CN[C@H](C)C(=O)ONS(=O)O. The van der Waals surface area contributed by atoms with Gasteiger partial charge in [0, 0.05) is 0 Å². The Bertz CT molecular complexity index is 162. The van der Waals surface area contributed by atoms with Crippen LogP contribution in [-0.4, -0.2) is 27.8 Å². The summed E-state index contributed by atoms with van der Waals surface area (Å²) >= 11 is -2.33. The maximum Gasteiger partial charge on any atom is 0.342 e. The summed E-state index contributed by atoms with van der Waals surface area (Å²) in [6.07, 6.45) is 0. The first kappa shape index (κ1) is 10.5. The molecule has 1 unspecified atom stereocenters. The van der Waals surface area contributed by atoms with Crippen molar-refractivity contribution in [2.75, 3.05) is 7.05 Å². The Morgan fingerprint density at radius 1 is 1.73 bits per heavy atom. The van der Waals surface area contributed by atoms with Gasteiger partial charge in [-0.25, -0.2) is 9.00 Å². The van der Waals surface area contributed by atoms with Crippen LogP contribution in [0.15, 0.2) is 0 Å². The third-order valence-corrected chi connectivity index (χ3v) is 1.23. The fourth-order valence-corrected chi connectivity index (χ4v) is 0.436. The van der Waals surface area contributed by atoms with Gasteiger partial charge in [-0.3, -0.25) is 4.55 Å². The first-order chi connectivity index (χ1) is 5.07. The van der Waals surface area contributed by atoms with Gasteiger partial charge in [0.05, 0.1) is 0 Å². The second-order valence-corrected chi connectivity index (χ2v) is 2.43. The Morgan fingerprint density at radius 3 is 2.64 bits per heavy atom. The number of carbonyl (C=O) groups excluding carboxylic acids is 1. The van der Waals surface area contributed by atoms with Crippen molar-refractivity contribution in [2.45, 2.75) is 13.0 Å². The van der Waals surface area contributed by atoms with Gasteiger partial charge >= 0.3 is 5.97 Å². The molecule has 6 nitrogen and oxygen atoms in total. The smallest absolute Gasteiger partial charge is 0.342 e. The van der Waals surface area contributed by atoms with E-state index in [1.54, 1.807) is 18.9 Å². The standard InChI is InChI=1S/C4H10N2O4S/c1-3(5-2)4(7)10-6-11(8)9/h3,5-6H,1-2H3,(H,8,9)/t3-/m1/s1. The van der Waals surface area contributed by atoms with Gasteiger partial charge in [-0.1, -0.05) is 0 Å². The molecule has 66 valence electrons. The van der Waals surface area contributed by atoms with Crippen LogP contribution in [0.2, 0.25) is 0 Å². The second-order valence-electron chi connectivity index (χ2n) is 1.76. The van der Waals surface area contributed by atoms with Gasteiger partial charge < -0.3 is 10.2 Å². The van der Waals surface area contributed by atoms with Gasteiger partial charge in [-0.15, -0.1) is 0 Å². The number of likely N-dealkylation sites (N-methyl/N-ethyl adjacent to an activating group) is 1. The van der Waals surface area contributed by atoms with Crippen LogP contribution in [0.1, 0.15) is 6.92 Å². The van der Waals surface area contributed by atoms with E-state index in [2.05, 4.69) is 10.2 Å². The molecular formula is C4H10N2O4S.